The Morgan fingerprint density at radius 2 is 1.95 bits per heavy atom. The van der Waals surface area contributed by atoms with E-state index in [1.165, 1.54) is 18.0 Å². The molecule has 0 saturated carbocycles. The van der Waals surface area contributed by atoms with Crippen molar-refractivity contribution in [2.45, 2.75) is 29.2 Å². The molecule has 19 heavy (non-hydrogen) atoms. The van der Waals surface area contributed by atoms with E-state index in [1.54, 1.807) is 24.3 Å². The molecule has 0 heterocycles. The molecule has 0 aliphatic heterocycles. The number of hydrogen-bond acceptors (Lipinski definition) is 5. The van der Waals surface area contributed by atoms with Gasteiger partial charge in [-0.2, -0.15) is 0 Å². The predicted octanol–water partition coefficient (Wildman–Crippen LogP) is 1.54. The summed E-state index contributed by atoms with van der Waals surface area (Å²) < 4.78 is 22.6. The zero-order valence-electron chi connectivity index (χ0n) is 11.3. The van der Waals surface area contributed by atoms with Crippen molar-refractivity contribution in [2.75, 3.05) is 25.1 Å². The Kier molecular flexibility index (Phi) is 6.85. The van der Waals surface area contributed by atoms with Gasteiger partial charge in [0.2, 0.25) is 0 Å². The molecule has 108 valence electrons. The molecule has 0 radical (unpaired) electrons. The number of sulfone groups is 1. The normalized spacial score (nSPS) is 13.4. The lowest BCUT2D eigenvalue weighted by Crippen LogP contribution is -2.28. The summed E-state index contributed by atoms with van der Waals surface area (Å²) in [6.45, 7) is 3.57. The van der Waals surface area contributed by atoms with Gasteiger partial charge in [-0.3, -0.25) is 0 Å². The van der Waals surface area contributed by atoms with Gasteiger partial charge in [-0.25, -0.2) is 8.42 Å². The third-order valence-electron chi connectivity index (χ3n) is 2.50. The number of aliphatic hydroxyl groups excluding tert-OH is 1. The van der Waals surface area contributed by atoms with Gasteiger partial charge in [0.25, 0.3) is 0 Å². The Labute approximate surface area is 119 Å². The molecule has 1 unspecified atom stereocenters. The number of thioether (sulfide) groups is 1. The van der Waals surface area contributed by atoms with Gasteiger partial charge in [-0.05, 0) is 37.2 Å². The van der Waals surface area contributed by atoms with Gasteiger partial charge in [0.1, 0.15) is 0 Å². The third kappa shape index (κ3) is 6.42. The zero-order chi connectivity index (χ0) is 14.3. The monoisotopic (exact) mass is 303 g/mol. The first-order valence-electron chi connectivity index (χ1n) is 6.25. The molecule has 0 aliphatic carbocycles. The van der Waals surface area contributed by atoms with E-state index < -0.39 is 15.9 Å². The highest BCUT2D eigenvalue weighted by atomic mass is 32.2. The van der Waals surface area contributed by atoms with E-state index in [0.717, 1.165) is 17.9 Å². The van der Waals surface area contributed by atoms with Crippen molar-refractivity contribution in [1.29, 1.82) is 0 Å². The summed E-state index contributed by atoms with van der Waals surface area (Å²) in [6.07, 6.45) is 1.84. The van der Waals surface area contributed by atoms with E-state index in [-0.39, 0.29) is 0 Å². The smallest absolute Gasteiger partial charge is 0.175 e. The molecule has 0 fully saturated rings. The summed E-state index contributed by atoms with van der Waals surface area (Å²) in [5.41, 5.74) is 0. The van der Waals surface area contributed by atoms with Crippen LogP contribution in [0.2, 0.25) is 0 Å². The van der Waals surface area contributed by atoms with Crippen molar-refractivity contribution in [3.8, 4) is 0 Å². The Morgan fingerprint density at radius 1 is 1.32 bits per heavy atom. The van der Waals surface area contributed by atoms with E-state index >= 15 is 0 Å². The fourth-order valence-electron chi connectivity index (χ4n) is 1.48. The van der Waals surface area contributed by atoms with Gasteiger partial charge in [0, 0.05) is 23.4 Å². The minimum Gasteiger partial charge on any atom is -0.391 e. The largest absolute Gasteiger partial charge is 0.391 e. The molecule has 0 aromatic heterocycles. The second-order valence-electron chi connectivity index (χ2n) is 4.41. The van der Waals surface area contributed by atoms with Gasteiger partial charge >= 0.3 is 0 Å². The average Bonchev–Trinajstić information content (AvgIpc) is 2.36. The van der Waals surface area contributed by atoms with Crippen molar-refractivity contribution < 1.29 is 13.5 Å². The van der Waals surface area contributed by atoms with Crippen molar-refractivity contribution in [1.82, 2.24) is 5.32 Å². The minimum absolute atomic E-state index is 0.321. The molecule has 0 amide bonds. The summed E-state index contributed by atoms with van der Waals surface area (Å²) in [6, 6.07) is 6.74. The quantitative estimate of drug-likeness (QED) is 0.563. The molecule has 4 nitrogen and oxygen atoms in total. The average molecular weight is 303 g/mol. The molecule has 1 rings (SSSR count). The van der Waals surface area contributed by atoms with Crippen LogP contribution in [0.1, 0.15) is 13.3 Å². The van der Waals surface area contributed by atoms with Crippen molar-refractivity contribution >= 4 is 21.6 Å². The van der Waals surface area contributed by atoms with Crippen LogP contribution in [0.5, 0.6) is 0 Å². The highest BCUT2D eigenvalue weighted by Gasteiger charge is 2.08. The van der Waals surface area contributed by atoms with Gasteiger partial charge < -0.3 is 10.4 Å². The summed E-state index contributed by atoms with van der Waals surface area (Å²) in [4.78, 5) is 1.28. The molecule has 0 aliphatic rings. The van der Waals surface area contributed by atoms with Crippen LogP contribution in [0.3, 0.4) is 0 Å². The molecule has 1 aromatic carbocycles. The molecule has 1 atom stereocenters. The Morgan fingerprint density at radius 3 is 2.47 bits per heavy atom. The molecular formula is C13H21NO3S2. The van der Waals surface area contributed by atoms with E-state index in [4.69, 9.17) is 0 Å². The van der Waals surface area contributed by atoms with E-state index in [9.17, 15) is 13.5 Å². The van der Waals surface area contributed by atoms with E-state index in [0.29, 0.717) is 17.2 Å². The van der Waals surface area contributed by atoms with Crippen LogP contribution in [0, 0.1) is 0 Å². The van der Waals surface area contributed by atoms with Crippen LogP contribution in [0.25, 0.3) is 0 Å². The van der Waals surface area contributed by atoms with Gasteiger partial charge in [0.15, 0.2) is 9.84 Å². The first-order valence-corrected chi connectivity index (χ1v) is 9.13. The zero-order valence-corrected chi connectivity index (χ0v) is 12.9. The highest BCUT2D eigenvalue weighted by Crippen LogP contribution is 2.20. The SMILES string of the molecule is CCCNCC(O)CSc1ccc(S(C)(=O)=O)cc1. The number of rotatable bonds is 8. The van der Waals surface area contributed by atoms with Crippen LogP contribution < -0.4 is 5.32 Å². The second-order valence-corrected chi connectivity index (χ2v) is 7.52. The maximum Gasteiger partial charge on any atom is 0.175 e. The third-order valence-corrected chi connectivity index (χ3v) is 4.79. The maximum atomic E-state index is 11.3. The Balaban J connectivity index is 2.42. The van der Waals surface area contributed by atoms with Crippen LogP contribution in [-0.4, -0.2) is 44.7 Å². The number of nitrogens with one attached hydrogen (secondary N) is 1. The minimum atomic E-state index is -3.13. The van der Waals surface area contributed by atoms with E-state index in [1.807, 2.05) is 0 Å². The Bertz CT molecular complexity index is 471. The summed E-state index contributed by atoms with van der Waals surface area (Å²) >= 11 is 1.52. The predicted molar refractivity (Wildman–Crippen MR) is 79.4 cm³/mol. The van der Waals surface area contributed by atoms with Crippen LogP contribution in [0.15, 0.2) is 34.1 Å². The van der Waals surface area contributed by atoms with Crippen LogP contribution in [0.4, 0.5) is 0 Å². The topological polar surface area (TPSA) is 66.4 Å². The van der Waals surface area contributed by atoms with Gasteiger partial charge in [0.05, 0.1) is 11.0 Å². The summed E-state index contributed by atoms with van der Waals surface area (Å²) in [5.74, 6) is 0.592. The van der Waals surface area contributed by atoms with Crippen LogP contribution >= 0.6 is 11.8 Å². The lowest BCUT2D eigenvalue weighted by molar-refractivity contribution is 0.196. The lowest BCUT2D eigenvalue weighted by atomic mass is 10.4. The summed E-state index contributed by atoms with van der Waals surface area (Å²) in [7, 11) is -3.13. The molecular weight excluding hydrogens is 282 g/mol. The first kappa shape index (κ1) is 16.5. The first-order chi connectivity index (χ1) is 8.93. The standard InChI is InChI=1S/C13H21NO3S2/c1-3-8-14-9-11(15)10-18-12-4-6-13(7-5-12)19(2,16)17/h4-7,11,14-15H,3,8-10H2,1-2H3. The van der Waals surface area contributed by atoms with Crippen molar-refractivity contribution in [3.63, 3.8) is 0 Å². The molecule has 0 saturated heterocycles. The molecule has 0 bridgehead atoms. The number of hydrogen-bond donors (Lipinski definition) is 2. The lowest BCUT2D eigenvalue weighted by Gasteiger charge is -2.11. The fourth-order valence-corrected chi connectivity index (χ4v) is 2.94. The van der Waals surface area contributed by atoms with Crippen molar-refractivity contribution in [3.05, 3.63) is 24.3 Å². The second kappa shape index (κ2) is 7.89. The van der Waals surface area contributed by atoms with E-state index in [2.05, 4.69) is 12.2 Å². The van der Waals surface area contributed by atoms with Crippen molar-refractivity contribution in [2.24, 2.45) is 0 Å². The molecule has 6 heteroatoms. The fraction of sp³-hybridized carbons (Fsp3) is 0.538. The summed E-state index contributed by atoms with van der Waals surface area (Å²) in [5, 5.41) is 12.9. The highest BCUT2D eigenvalue weighted by molar-refractivity contribution is 7.99. The molecule has 2 N–H and O–H groups in total. The van der Waals surface area contributed by atoms with Crippen LogP contribution in [-0.2, 0) is 9.84 Å². The number of aliphatic hydroxyl groups is 1. The molecule has 0 spiro atoms. The Hall–Kier alpha value is -0.560. The maximum absolute atomic E-state index is 11.3. The van der Waals surface area contributed by atoms with Gasteiger partial charge in [-0.15, -0.1) is 11.8 Å². The van der Waals surface area contributed by atoms with Gasteiger partial charge in [-0.1, -0.05) is 6.92 Å². The molecule has 1 aromatic rings. The number of benzene rings is 1.